The van der Waals surface area contributed by atoms with Crippen LogP contribution >= 0.6 is 0 Å². The summed E-state index contributed by atoms with van der Waals surface area (Å²) in [5.74, 6) is 0.385. The highest BCUT2D eigenvalue weighted by atomic mass is 16.5. The van der Waals surface area contributed by atoms with Crippen LogP contribution in [0.1, 0.15) is 50.5 Å². The van der Waals surface area contributed by atoms with Gasteiger partial charge in [-0.05, 0) is 36.7 Å². The standard InChI is InChI=1S/C15H22N2O2/c1-14(2)9-4-5-15(14,3)12(6-9)19-13(18)11-7-10(16)8-17-11/h7-9,12,17H,4-6,16H2,1-3H3. The molecule has 4 nitrogen and oxygen atoms in total. The van der Waals surface area contributed by atoms with Crippen molar-refractivity contribution in [2.75, 3.05) is 5.73 Å². The van der Waals surface area contributed by atoms with Crippen molar-refractivity contribution < 1.29 is 9.53 Å². The van der Waals surface area contributed by atoms with E-state index in [0.29, 0.717) is 17.3 Å². The third kappa shape index (κ3) is 1.62. The summed E-state index contributed by atoms with van der Waals surface area (Å²) in [4.78, 5) is 15.0. The first-order chi connectivity index (χ1) is 8.84. The first kappa shape index (κ1) is 12.6. The van der Waals surface area contributed by atoms with E-state index in [0.717, 1.165) is 12.8 Å². The van der Waals surface area contributed by atoms with E-state index in [9.17, 15) is 4.79 Å². The zero-order chi connectivity index (χ0) is 13.8. The van der Waals surface area contributed by atoms with Crippen molar-refractivity contribution in [1.82, 2.24) is 4.98 Å². The fraction of sp³-hybridized carbons (Fsp3) is 0.667. The van der Waals surface area contributed by atoms with Gasteiger partial charge in [0.1, 0.15) is 11.8 Å². The van der Waals surface area contributed by atoms with Crippen LogP contribution in [0.4, 0.5) is 5.69 Å². The van der Waals surface area contributed by atoms with Crippen LogP contribution < -0.4 is 5.73 Å². The average Bonchev–Trinajstić information content (AvgIpc) is 2.91. The highest BCUT2D eigenvalue weighted by Crippen LogP contribution is 2.66. The van der Waals surface area contributed by atoms with Gasteiger partial charge in [0.15, 0.2) is 0 Å². The fourth-order valence-corrected chi connectivity index (χ4v) is 4.03. The number of carbonyl (C=O) groups excluding carboxylic acids is 1. The second kappa shape index (κ2) is 3.78. The zero-order valence-corrected chi connectivity index (χ0v) is 11.8. The minimum absolute atomic E-state index is 0.0262. The SMILES string of the molecule is CC1(C)C2CCC1(C)C(OC(=O)c1cc(N)c[nH]1)C2. The van der Waals surface area contributed by atoms with E-state index < -0.39 is 0 Å². The molecule has 0 radical (unpaired) electrons. The van der Waals surface area contributed by atoms with Crippen LogP contribution in [0.25, 0.3) is 0 Å². The van der Waals surface area contributed by atoms with Crippen LogP contribution in [0.2, 0.25) is 0 Å². The lowest BCUT2D eigenvalue weighted by atomic mass is 9.70. The zero-order valence-electron chi connectivity index (χ0n) is 11.8. The number of esters is 1. The summed E-state index contributed by atoms with van der Waals surface area (Å²) in [5.41, 5.74) is 6.98. The summed E-state index contributed by atoms with van der Waals surface area (Å²) in [6, 6.07) is 1.63. The molecule has 3 N–H and O–H groups in total. The van der Waals surface area contributed by atoms with Crippen molar-refractivity contribution in [1.29, 1.82) is 0 Å². The molecule has 1 aromatic rings. The van der Waals surface area contributed by atoms with Crippen LogP contribution in [0.3, 0.4) is 0 Å². The van der Waals surface area contributed by atoms with Crippen molar-refractivity contribution in [2.24, 2.45) is 16.7 Å². The molecule has 1 heterocycles. The third-order valence-corrected chi connectivity index (χ3v) is 5.89. The van der Waals surface area contributed by atoms with E-state index in [1.807, 2.05) is 0 Å². The van der Waals surface area contributed by atoms with Crippen LogP contribution in [-0.4, -0.2) is 17.1 Å². The van der Waals surface area contributed by atoms with Gasteiger partial charge < -0.3 is 15.5 Å². The molecule has 2 saturated carbocycles. The lowest BCUT2D eigenvalue weighted by molar-refractivity contribution is -0.0246. The smallest absolute Gasteiger partial charge is 0.355 e. The van der Waals surface area contributed by atoms with Crippen molar-refractivity contribution >= 4 is 11.7 Å². The Morgan fingerprint density at radius 3 is 2.68 bits per heavy atom. The second-order valence-corrected chi connectivity index (χ2v) is 6.85. The number of nitrogens with one attached hydrogen (secondary N) is 1. The maximum Gasteiger partial charge on any atom is 0.355 e. The monoisotopic (exact) mass is 262 g/mol. The Balaban J connectivity index is 1.77. The maximum atomic E-state index is 12.1. The summed E-state index contributed by atoms with van der Waals surface area (Å²) in [6.45, 7) is 6.89. The number of hydrogen-bond donors (Lipinski definition) is 2. The molecule has 2 bridgehead atoms. The Morgan fingerprint density at radius 1 is 1.47 bits per heavy atom. The van der Waals surface area contributed by atoms with Crippen LogP contribution in [0.5, 0.6) is 0 Å². The molecule has 0 spiro atoms. The van der Waals surface area contributed by atoms with Gasteiger partial charge >= 0.3 is 5.97 Å². The Kier molecular flexibility index (Phi) is 2.50. The Morgan fingerprint density at radius 2 is 2.21 bits per heavy atom. The van der Waals surface area contributed by atoms with Gasteiger partial charge in [0.25, 0.3) is 0 Å². The molecule has 0 saturated heterocycles. The van der Waals surface area contributed by atoms with Crippen molar-refractivity contribution in [3.63, 3.8) is 0 Å². The molecule has 3 unspecified atom stereocenters. The molecular weight excluding hydrogens is 240 g/mol. The Hall–Kier alpha value is -1.45. The van der Waals surface area contributed by atoms with Gasteiger partial charge in [0.05, 0.1) is 5.69 Å². The molecule has 3 atom stereocenters. The molecule has 19 heavy (non-hydrogen) atoms. The van der Waals surface area contributed by atoms with Gasteiger partial charge in [-0.3, -0.25) is 0 Å². The molecule has 0 amide bonds. The summed E-state index contributed by atoms with van der Waals surface area (Å²) in [6.07, 6.45) is 5.04. The number of aromatic amines is 1. The molecule has 2 aliphatic carbocycles. The number of hydrogen-bond acceptors (Lipinski definition) is 3. The lowest BCUT2D eigenvalue weighted by Gasteiger charge is -2.38. The van der Waals surface area contributed by atoms with Gasteiger partial charge in [0.2, 0.25) is 0 Å². The number of aromatic nitrogens is 1. The molecule has 2 fully saturated rings. The normalized spacial score (nSPS) is 35.5. The average molecular weight is 262 g/mol. The highest BCUT2D eigenvalue weighted by Gasteiger charge is 2.62. The summed E-state index contributed by atoms with van der Waals surface area (Å²) in [5, 5.41) is 0. The molecular formula is C15H22N2O2. The van der Waals surface area contributed by atoms with E-state index in [-0.39, 0.29) is 22.9 Å². The van der Waals surface area contributed by atoms with Crippen LogP contribution in [0.15, 0.2) is 12.3 Å². The first-order valence-corrected chi connectivity index (χ1v) is 6.99. The van der Waals surface area contributed by atoms with Gasteiger partial charge in [-0.15, -0.1) is 0 Å². The molecule has 2 aliphatic rings. The Labute approximate surface area is 113 Å². The summed E-state index contributed by atoms with van der Waals surface area (Å²) >= 11 is 0. The van der Waals surface area contributed by atoms with E-state index >= 15 is 0 Å². The van der Waals surface area contributed by atoms with E-state index in [1.54, 1.807) is 12.3 Å². The molecule has 3 rings (SSSR count). The minimum atomic E-state index is -0.286. The van der Waals surface area contributed by atoms with E-state index in [1.165, 1.54) is 6.42 Å². The predicted octanol–water partition coefficient (Wildman–Crippen LogP) is 2.97. The van der Waals surface area contributed by atoms with E-state index in [2.05, 4.69) is 25.8 Å². The molecule has 0 aromatic carbocycles. The molecule has 0 aliphatic heterocycles. The lowest BCUT2D eigenvalue weighted by Crippen LogP contribution is -2.38. The number of nitrogen functional groups attached to an aromatic ring is 1. The van der Waals surface area contributed by atoms with Crippen molar-refractivity contribution in [3.8, 4) is 0 Å². The van der Waals surface area contributed by atoms with Crippen molar-refractivity contribution in [3.05, 3.63) is 18.0 Å². The maximum absolute atomic E-state index is 12.1. The van der Waals surface area contributed by atoms with Crippen molar-refractivity contribution in [2.45, 2.75) is 46.1 Å². The number of H-pyrrole nitrogens is 1. The topological polar surface area (TPSA) is 68.1 Å². The Bertz CT molecular complexity index is 520. The molecule has 104 valence electrons. The van der Waals surface area contributed by atoms with Crippen LogP contribution in [0, 0.1) is 16.7 Å². The predicted molar refractivity (Wildman–Crippen MR) is 73.6 cm³/mol. The minimum Gasteiger partial charge on any atom is -0.457 e. The van der Waals surface area contributed by atoms with Gasteiger partial charge in [-0.25, -0.2) is 4.79 Å². The number of carbonyl (C=O) groups is 1. The van der Waals surface area contributed by atoms with Crippen LogP contribution in [-0.2, 0) is 4.74 Å². The molecule has 1 aromatic heterocycles. The number of nitrogens with two attached hydrogens (primary N) is 1. The number of anilines is 1. The van der Waals surface area contributed by atoms with Gasteiger partial charge in [-0.2, -0.15) is 0 Å². The quantitative estimate of drug-likeness (QED) is 0.805. The summed E-state index contributed by atoms with van der Waals surface area (Å²) in [7, 11) is 0. The highest BCUT2D eigenvalue weighted by molar-refractivity contribution is 5.88. The first-order valence-electron chi connectivity index (χ1n) is 6.99. The largest absolute Gasteiger partial charge is 0.457 e. The van der Waals surface area contributed by atoms with E-state index in [4.69, 9.17) is 10.5 Å². The third-order valence-electron chi connectivity index (χ3n) is 5.89. The second-order valence-electron chi connectivity index (χ2n) is 6.85. The van der Waals surface area contributed by atoms with Gasteiger partial charge in [0, 0.05) is 11.6 Å². The fourth-order valence-electron chi connectivity index (χ4n) is 4.03. The number of rotatable bonds is 2. The number of ether oxygens (including phenoxy) is 1. The summed E-state index contributed by atoms with van der Waals surface area (Å²) < 4.78 is 5.76. The molecule has 4 heteroatoms. The van der Waals surface area contributed by atoms with Gasteiger partial charge in [-0.1, -0.05) is 20.8 Å². The number of fused-ring (bicyclic) bond motifs is 2.